The van der Waals surface area contributed by atoms with Crippen LogP contribution in [0.1, 0.15) is 46.0 Å². The zero-order valence-corrected chi connectivity index (χ0v) is 13.1. The predicted octanol–water partition coefficient (Wildman–Crippen LogP) is 2.51. The molecule has 1 atom stereocenters. The molecule has 112 valence electrons. The van der Waals surface area contributed by atoms with E-state index in [-0.39, 0.29) is 0 Å². The minimum atomic E-state index is 0.354. The molecule has 1 heterocycles. The van der Waals surface area contributed by atoms with Crippen molar-refractivity contribution in [3.05, 3.63) is 0 Å². The fourth-order valence-electron chi connectivity index (χ4n) is 3.01. The van der Waals surface area contributed by atoms with Crippen molar-refractivity contribution in [2.75, 3.05) is 39.9 Å². The van der Waals surface area contributed by atoms with Crippen LogP contribution in [0.15, 0.2) is 0 Å². The van der Waals surface area contributed by atoms with E-state index in [0.29, 0.717) is 5.41 Å². The van der Waals surface area contributed by atoms with E-state index in [0.717, 1.165) is 31.7 Å². The lowest BCUT2D eigenvalue weighted by atomic mass is 9.81. The predicted molar refractivity (Wildman–Crippen MR) is 80.5 cm³/mol. The maximum absolute atomic E-state index is 5.80. The van der Waals surface area contributed by atoms with Gasteiger partial charge in [-0.05, 0) is 51.6 Å². The van der Waals surface area contributed by atoms with E-state index >= 15 is 0 Å². The third-order valence-electron chi connectivity index (χ3n) is 4.44. The Morgan fingerprint density at radius 3 is 2.74 bits per heavy atom. The Balaban J connectivity index is 1.80. The lowest BCUT2D eigenvalue weighted by molar-refractivity contribution is -0.0232. The molecule has 1 unspecified atom stereocenters. The smallest absolute Gasteiger partial charge is 0.0546 e. The molecular weight excluding hydrogens is 236 g/mol. The van der Waals surface area contributed by atoms with Gasteiger partial charge < -0.3 is 15.0 Å². The van der Waals surface area contributed by atoms with Crippen LogP contribution >= 0.6 is 0 Å². The summed E-state index contributed by atoms with van der Waals surface area (Å²) in [5.41, 5.74) is 0.354. The molecule has 0 aromatic rings. The van der Waals surface area contributed by atoms with Gasteiger partial charge in [-0.3, -0.25) is 0 Å². The first-order valence-electron chi connectivity index (χ1n) is 8.09. The molecule has 1 aliphatic heterocycles. The third kappa shape index (κ3) is 5.41. The standard InChI is InChI=1S/C16H32N2O/c1-14(2)7-9-18(3)12-16(8-4-10-19-13-16)11-17-15-5-6-15/h14-15,17H,4-13H2,1-3H3. The van der Waals surface area contributed by atoms with E-state index in [9.17, 15) is 0 Å². The van der Waals surface area contributed by atoms with Crippen LogP contribution in [0, 0.1) is 11.3 Å². The molecule has 0 aromatic heterocycles. The summed E-state index contributed by atoms with van der Waals surface area (Å²) in [6, 6.07) is 0.805. The summed E-state index contributed by atoms with van der Waals surface area (Å²) in [4.78, 5) is 2.52. The van der Waals surface area contributed by atoms with Crippen LogP contribution in [0.25, 0.3) is 0 Å². The number of rotatable bonds is 8. The Bertz CT molecular complexity index is 257. The van der Waals surface area contributed by atoms with Crippen LogP contribution < -0.4 is 5.32 Å². The second kappa shape index (κ2) is 7.05. The van der Waals surface area contributed by atoms with Crippen molar-refractivity contribution in [2.24, 2.45) is 11.3 Å². The van der Waals surface area contributed by atoms with E-state index < -0.39 is 0 Å². The second-order valence-electron chi connectivity index (χ2n) is 7.23. The quantitative estimate of drug-likeness (QED) is 0.732. The Labute approximate surface area is 119 Å². The van der Waals surface area contributed by atoms with Crippen LogP contribution in [0.2, 0.25) is 0 Å². The Morgan fingerprint density at radius 1 is 1.37 bits per heavy atom. The number of ether oxygens (including phenoxy) is 1. The maximum Gasteiger partial charge on any atom is 0.0546 e. The number of nitrogens with one attached hydrogen (secondary N) is 1. The largest absolute Gasteiger partial charge is 0.381 e. The SMILES string of the molecule is CC(C)CCN(C)CC1(CNC2CC2)CCCOC1. The Hall–Kier alpha value is -0.120. The average molecular weight is 268 g/mol. The van der Waals surface area contributed by atoms with Gasteiger partial charge in [0.25, 0.3) is 0 Å². The molecule has 0 radical (unpaired) electrons. The van der Waals surface area contributed by atoms with Gasteiger partial charge in [0.2, 0.25) is 0 Å². The first-order valence-corrected chi connectivity index (χ1v) is 8.09. The lowest BCUT2D eigenvalue weighted by Crippen LogP contribution is -2.48. The third-order valence-corrected chi connectivity index (χ3v) is 4.44. The van der Waals surface area contributed by atoms with Crippen molar-refractivity contribution < 1.29 is 4.74 Å². The molecule has 1 saturated heterocycles. The summed E-state index contributed by atoms with van der Waals surface area (Å²) >= 11 is 0. The van der Waals surface area contributed by atoms with Crippen LogP contribution in [0.5, 0.6) is 0 Å². The van der Waals surface area contributed by atoms with Crippen molar-refractivity contribution >= 4 is 0 Å². The van der Waals surface area contributed by atoms with E-state index in [2.05, 4.69) is 31.1 Å². The first kappa shape index (κ1) is 15.3. The summed E-state index contributed by atoms with van der Waals surface area (Å²) in [5, 5.41) is 3.73. The molecule has 0 spiro atoms. The summed E-state index contributed by atoms with van der Waals surface area (Å²) in [6.07, 6.45) is 6.59. The molecule has 2 rings (SSSR count). The Kier molecular flexibility index (Phi) is 5.67. The molecule has 0 aromatic carbocycles. The Morgan fingerprint density at radius 2 is 2.16 bits per heavy atom. The van der Waals surface area contributed by atoms with E-state index in [1.807, 2.05) is 0 Å². The van der Waals surface area contributed by atoms with Gasteiger partial charge >= 0.3 is 0 Å². The highest BCUT2D eigenvalue weighted by molar-refractivity contribution is 4.90. The normalized spacial score (nSPS) is 28.3. The molecule has 3 nitrogen and oxygen atoms in total. The molecule has 3 heteroatoms. The van der Waals surface area contributed by atoms with Gasteiger partial charge in [0, 0.05) is 31.2 Å². The molecule has 2 fully saturated rings. The maximum atomic E-state index is 5.80. The van der Waals surface area contributed by atoms with E-state index in [1.165, 1.54) is 45.2 Å². The fourth-order valence-corrected chi connectivity index (χ4v) is 3.01. The van der Waals surface area contributed by atoms with Gasteiger partial charge in [0.1, 0.15) is 0 Å². The van der Waals surface area contributed by atoms with Gasteiger partial charge in [-0.25, -0.2) is 0 Å². The van der Waals surface area contributed by atoms with Gasteiger partial charge in [-0.2, -0.15) is 0 Å². The molecule has 1 saturated carbocycles. The number of hydrogen-bond acceptors (Lipinski definition) is 3. The van der Waals surface area contributed by atoms with Gasteiger partial charge in [0.15, 0.2) is 0 Å². The summed E-state index contributed by atoms with van der Waals surface area (Å²) < 4.78 is 5.80. The zero-order valence-electron chi connectivity index (χ0n) is 13.1. The topological polar surface area (TPSA) is 24.5 Å². The van der Waals surface area contributed by atoms with Crippen LogP contribution in [-0.2, 0) is 4.74 Å². The van der Waals surface area contributed by atoms with Crippen molar-refractivity contribution in [1.29, 1.82) is 0 Å². The van der Waals surface area contributed by atoms with E-state index in [1.54, 1.807) is 0 Å². The van der Waals surface area contributed by atoms with Crippen LogP contribution in [-0.4, -0.2) is 50.8 Å². The minimum Gasteiger partial charge on any atom is -0.381 e. The molecule has 0 bridgehead atoms. The van der Waals surface area contributed by atoms with Gasteiger partial charge in [0.05, 0.1) is 6.61 Å². The lowest BCUT2D eigenvalue weighted by Gasteiger charge is -2.40. The first-order chi connectivity index (χ1) is 9.10. The summed E-state index contributed by atoms with van der Waals surface area (Å²) in [6.45, 7) is 10.1. The highest BCUT2D eigenvalue weighted by atomic mass is 16.5. The van der Waals surface area contributed by atoms with Gasteiger partial charge in [-0.15, -0.1) is 0 Å². The highest BCUT2D eigenvalue weighted by Crippen LogP contribution is 2.30. The van der Waals surface area contributed by atoms with Crippen LogP contribution in [0.4, 0.5) is 0 Å². The fraction of sp³-hybridized carbons (Fsp3) is 1.00. The summed E-state index contributed by atoms with van der Waals surface area (Å²) in [7, 11) is 2.27. The average Bonchev–Trinajstić information content (AvgIpc) is 3.19. The monoisotopic (exact) mass is 268 g/mol. The van der Waals surface area contributed by atoms with Crippen molar-refractivity contribution in [2.45, 2.75) is 52.0 Å². The minimum absolute atomic E-state index is 0.354. The second-order valence-corrected chi connectivity index (χ2v) is 7.23. The van der Waals surface area contributed by atoms with Crippen molar-refractivity contribution in [3.63, 3.8) is 0 Å². The molecule has 19 heavy (non-hydrogen) atoms. The summed E-state index contributed by atoms with van der Waals surface area (Å²) in [5.74, 6) is 0.797. The molecule has 1 aliphatic carbocycles. The highest BCUT2D eigenvalue weighted by Gasteiger charge is 2.35. The molecule has 0 amide bonds. The van der Waals surface area contributed by atoms with Gasteiger partial charge in [-0.1, -0.05) is 13.8 Å². The van der Waals surface area contributed by atoms with Crippen molar-refractivity contribution in [3.8, 4) is 0 Å². The molecule has 1 N–H and O–H groups in total. The van der Waals surface area contributed by atoms with Crippen LogP contribution in [0.3, 0.4) is 0 Å². The molecule has 2 aliphatic rings. The van der Waals surface area contributed by atoms with Crippen molar-refractivity contribution in [1.82, 2.24) is 10.2 Å². The molecular formula is C16H32N2O. The number of nitrogens with zero attached hydrogens (tertiary/aromatic N) is 1. The number of hydrogen-bond donors (Lipinski definition) is 1. The zero-order chi connectivity index (χ0) is 13.7. The van der Waals surface area contributed by atoms with E-state index in [4.69, 9.17) is 4.74 Å².